The van der Waals surface area contributed by atoms with Crippen LogP contribution in [0.2, 0.25) is 0 Å². The minimum Gasteiger partial charge on any atom is -0.338 e. The van der Waals surface area contributed by atoms with Gasteiger partial charge in [-0.2, -0.15) is 11.8 Å². The van der Waals surface area contributed by atoms with E-state index >= 15 is 0 Å². The molecule has 6 heteroatoms. The Morgan fingerprint density at radius 1 is 1.08 bits per heavy atom. The second kappa shape index (κ2) is 7.49. The van der Waals surface area contributed by atoms with Gasteiger partial charge in [-0.1, -0.05) is 30.3 Å². The van der Waals surface area contributed by atoms with Crippen LogP contribution in [0, 0.1) is 10.1 Å². The quantitative estimate of drug-likeness (QED) is 0.626. The third-order valence-electron chi connectivity index (χ3n) is 4.13. The summed E-state index contributed by atoms with van der Waals surface area (Å²) in [5.41, 5.74) is 1.80. The van der Waals surface area contributed by atoms with Crippen molar-refractivity contribution in [3.63, 3.8) is 0 Å². The van der Waals surface area contributed by atoms with Crippen LogP contribution < -0.4 is 0 Å². The molecule has 5 nitrogen and oxygen atoms in total. The zero-order valence-corrected chi connectivity index (χ0v) is 13.9. The van der Waals surface area contributed by atoms with Crippen molar-refractivity contribution in [3.05, 3.63) is 75.8 Å². The lowest BCUT2D eigenvalue weighted by Gasteiger charge is -2.20. The van der Waals surface area contributed by atoms with Crippen molar-refractivity contribution in [2.45, 2.75) is 11.7 Å². The minimum absolute atomic E-state index is 0.00196. The fourth-order valence-corrected chi connectivity index (χ4v) is 4.05. The highest BCUT2D eigenvalue weighted by atomic mass is 32.2. The average Bonchev–Trinajstić information content (AvgIpc) is 2.88. The van der Waals surface area contributed by atoms with Crippen LogP contribution in [0.25, 0.3) is 0 Å². The van der Waals surface area contributed by atoms with Crippen LogP contribution in [0.5, 0.6) is 0 Å². The van der Waals surface area contributed by atoms with E-state index in [1.807, 2.05) is 34.9 Å². The van der Waals surface area contributed by atoms with Crippen LogP contribution in [0.4, 0.5) is 5.69 Å². The molecule has 1 fully saturated rings. The van der Waals surface area contributed by atoms with Crippen molar-refractivity contribution >= 4 is 23.4 Å². The maximum absolute atomic E-state index is 12.6. The summed E-state index contributed by atoms with van der Waals surface area (Å²) in [6, 6.07) is 16.2. The molecular formula is C18H18N2O3S. The molecule has 1 unspecified atom stereocenters. The third kappa shape index (κ3) is 3.76. The number of nitrogens with zero attached hydrogens (tertiary/aromatic N) is 2. The summed E-state index contributed by atoms with van der Waals surface area (Å²) in [6.07, 6.45) is 0.910. The van der Waals surface area contributed by atoms with Gasteiger partial charge in [-0.3, -0.25) is 14.9 Å². The van der Waals surface area contributed by atoms with Crippen LogP contribution in [0.3, 0.4) is 0 Å². The summed E-state index contributed by atoms with van der Waals surface area (Å²) >= 11 is 1.88. The molecule has 0 aliphatic carbocycles. The molecule has 1 atom stereocenters. The van der Waals surface area contributed by atoms with Gasteiger partial charge < -0.3 is 4.90 Å². The van der Waals surface area contributed by atoms with Crippen LogP contribution in [0.15, 0.2) is 54.6 Å². The van der Waals surface area contributed by atoms with Gasteiger partial charge in [0.2, 0.25) is 0 Å². The molecule has 0 spiro atoms. The van der Waals surface area contributed by atoms with E-state index in [9.17, 15) is 14.9 Å². The second-order valence-corrected chi connectivity index (χ2v) is 6.97. The van der Waals surface area contributed by atoms with Crippen molar-refractivity contribution in [1.29, 1.82) is 0 Å². The summed E-state index contributed by atoms with van der Waals surface area (Å²) in [6.45, 7) is 1.40. The lowest BCUT2D eigenvalue weighted by atomic mass is 10.1. The first kappa shape index (κ1) is 16.5. The number of nitro groups is 1. The van der Waals surface area contributed by atoms with Crippen LogP contribution in [-0.2, 0) is 0 Å². The van der Waals surface area contributed by atoms with Crippen molar-refractivity contribution in [2.75, 3.05) is 18.8 Å². The molecular weight excluding hydrogens is 324 g/mol. The summed E-state index contributed by atoms with van der Waals surface area (Å²) in [7, 11) is 0. The highest BCUT2D eigenvalue weighted by Gasteiger charge is 2.23. The lowest BCUT2D eigenvalue weighted by Crippen LogP contribution is -2.32. The van der Waals surface area contributed by atoms with Gasteiger partial charge in [0.25, 0.3) is 11.6 Å². The summed E-state index contributed by atoms with van der Waals surface area (Å²) in [4.78, 5) is 24.7. The van der Waals surface area contributed by atoms with Crippen molar-refractivity contribution in [1.82, 2.24) is 4.90 Å². The van der Waals surface area contributed by atoms with Gasteiger partial charge in [-0.15, -0.1) is 0 Å². The van der Waals surface area contributed by atoms with E-state index in [1.54, 1.807) is 0 Å². The Morgan fingerprint density at radius 2 is 1.79 bits per heavy atom. The topological polar surface area (TPSA) is 63.4 Å². The molecule has 1 saturated heterocycles. The third-order valence-corrected chi connectivity index (χ3v) is 5.45. The van der Waals surface area contributed by atoms with E-state index in [1.165, 1.54) is 29.8 Å². The molecule has 2 aromatic carbocycles. The Labute approximate surface area is 144 Å². The normalized spacial score (nSPS) is 18.0. The van der Waals surface area contributed by atoms with Crippen LogP contribution >= 0.6 is 11.8 Å². The van der Waals surface area contributed by atoms with Gasteiger partial charge in [0.1, 0.15) is 0 Å². The first-order valence-corrected chi connectivity index (χ1v) is 8.90. The number of nitro benzene ring substituents is 1. The fraction of sp³-hybridized carbons (Fsp3) is 0.278. The largest absolute Gasteiger partial charge is 0.338 e. The average molecular weight is 342 g/mol. The minimum atomic E-state index is -0.457. The number of rotatable bonds is 3. The highest BCUT2D eigenvalue weighted by Crippen LogP contribution is 2.34. The Bertz CT molecular complexity index is 719. The SMILES string of the molecule is O=C(c1ccc([N+](=O)[O-])cc1)N1CCSC(c2ccccc2)CC1. The number of amides is 1. The van der Waals surface area contributed by atoms with Gasteiger partial charge in [-0.05, 0) is 24.1 Å². The molecule has 1 amide bonds. The van der Waals surface area contributed by atoms with E-state index in [4.69, 9.17) is 0 Å². The Kier molecular flexibility index (Phi) is 5.15. The number of non-ortho nitro benzene ring substituents is 1. The monoisotopic (exact) mass is 342 g/mol. The van der Waals surface area contributed by atoms with Crippen LogP contribution in [-0.4, -0.2) is 34.6 Å². The van der Waals surface area contributed by atoms with E-state index < -0.39 is 4.92 Å². The summed E-state index contributed by atoms with van der Waals surface area (Å²) in [5, 5.41) is 11.1. The molecule has 0 radical (unpaired) electrons. The molecule has 3 rings (SSSR count). The maximum Gasteiger partial charge on any atom is 0.269 e. The second-order valence-electron chi connectivity index (χ2n) is 5.65. The standard InChI is InChI=1S/C18H18N2O3S/c21-18(15-6-8-16(9-7-15)20(22)23)19-11-10-17(24-13-12-19)14-4-2-1-3-5-14/h1-9,17H,10-13H2. The van der Waals surface area contributed by atoms with Gasteiger partial charge in [-0.25, -0.2) is 0 Å². The smallest absolute Gasteiger partial charge is 0.269 e. The molecule has 1 heterocycles. The molecule has 0 N–H and O–H groups in total. The van der Waals surface area contributed by atoms with E-state index in [2.05, 4.69) is 12.1 Å². The number of hydrogen-bond acceptors (Lipinski definition) is 4. The first-order chi connectivity index (χ1) is 11.6. The predicted molar refractivity (Wildman–Crippen MR) is 95.3 cm³/mol. The van der Waals surface area contributed by atoms with Gasteiger partial charge in [0.05, 0.1) is 4.92 Å². The molecule has 0 bridgehead atoms. The fourth-order valence-electron chi connectivity index (χ4n) is 2.82. The van der Waals surface area contributed by atoms with E-state index in [0.29, 0.717) is 23.9 Å². The number of carbonyl (C=O) groups is 1. The zero-order chi connectivity index (χ0) is 16.9. The first-order valence-electron chi connectivity index (χ1n) is 7.85. The predicted octanol–water partition coefficient (Wildman–Crippen LogP) is 3.92. The molecule has 0 aromatic heterocycles. The maximum atomic E-state index is 12.6. The molecule has 1 aliphatic heterocycles. The molecule has 2 aromatic rings. The lowest BCUT2D eigenvalue weighted by molar-refractivity contribution is -0.384. The molecule has 1 aliphatic rings. The molecule has 0 saturated carbocycles. The van der Waals surface area contributed by atoms with Gasteiger partial charge >= 0.3 is 0 Å². The Balaban J connectivity index is 1.67. The van der Waals surface area contributed by atoms with Crippen molar-refractivity contribution < 1.29 is 9.72 Å². The van der Waals surface area contributed by atoms with Crippen molar-refractivity contribution in [2.24, 2.45) is 0 Å². The van der Waals surface area contributed by atoms with Gasteiger partial charge in [0, 0.05) is 41.8 Å². The Hall–Kier alpha value is -2.34. The number of thioether (sulfide) groups is 1. The summed E-state index contributed by atoms with van der Waals surface area (Å²) < 4.78 is 0. The number of carbonyl (C=O) groups excluding carboxylic acids is 1. The zero-order valence-electron chi connectivity index (χ0n) is 13.1. The van der Waals surface area contributed by atoms with Gasteiger partial charge in [0.15, 0.2) is 0 Å². The summed E-state index contributed by atoms with van der Waals surface area (Å²) in [5.74, 6) is 0.831. The van der Waals surface area contributed by atoms with E-state index in [-0.39, 0.29) is 11.6 Å². The van der Waals surface area contributed by atoms with Crippen LogP contribution in [0.1, 0.15) is 27.6 Å². The molecule has 124 valence electrons. The molecule has 24 heavy (non-hydrogen) atoms. The number of hydrogen-bond donors (Lipinski definition) is 0. The Morgan fingerprint density at radius 3 is 2.46 bits per heavy atom. The highest BCUT2D eigenvalue weighted by molar-refractivity contribution is 7.99. The van der Waals surface area contributed by atoms with Crippen molar-refractivity contribution in [3.8, 4) is 0 Å². The number of benzene rings is 2. The van der Waals surface area contributed by atoms with E-state index in [0.717, 1.165) is 12.2 Å².